The number of hydrogen-bond donors (Lipinski definition) is 2. The largest absolute Gasteiger partial charge is 0.276 e. The van der Waals surface area contributed by atoms with Gasteiger partial charge in [-0.3, -0.25) is 4.72 Å². The number of rotatable bonds is 5. The van der Waals surface area contributed by atoms with Gasteiger partial charge in [-0.2, -0.15) is 0 Å². The lowest BCUT2D eigenvalue weighted by Gasteiger charge is -2.10. The Morgan fingerprint density at radius 3 is 2.38 bits per heavy atom. The predicted octanol–water partition coefficient (Wildman–Crippen LogP) is 2.54. The molecule has 0 fully saturated rings. The zero-order valence-corrected chi connectivity index (χ0v) is 14.4. The van der Waals surface area contributed by atoms with E-state index in [1.54, 1.807) is 18.2 Å². The van der Waals surface area contributed by atoms with Crippen molar-refractivity contribution in [2.45, 2.75) is 4.90 Å². The van der Waals surface area contributed by atoms with E-state index in [9.17, 15) is 21.2 Å². The Morgan fingerprint density at radius 2 is 1.75 bits per heavy atom. The maximum atomic E-state index is 13.8. The highest BCUT2D eigenvalue weighted by Gasteiger charge is 2.20. The van der Waals surface area contributed by atoms with E-state index in [0.717, 1.165) is 23.6 Å². The Bertz CT molecular complexity index is 1010. The van der Waals surface area contributed by atoms with Crippen LogP contribution in [0.5, 0.6) is 0 Å². The molecule has 10 heteroatoms. The molecule has 3 N–H and O–H groups in total. The molecule has 0 saturated heterocycles. The highest BCUT2D eigenvalue weighted by Crippen LogP contribution is 2.25. The molecule has 2 aromatic carbocycles. The van der Waals surface area contributed by atoms with Crippen molar-refractivity contribution in [1.29, 1.82) is 0 Å². The number of hydrogen-bond acceptors (Lipinski definition) is 4. The Morgan fingerprint density at radius 1 is 1.08 bits per heavy atom. The van der Waals surface area contributed by atoms with Crippen LogP contribution in [-0.4, -0.2) is 16.8 Å². The molecule has 2 aromatic rings. The van der Waals surface area contributed by atoms with Gasteiger partial charge in [0.2, 0.25) is 10.0 Å². The second-order valence-electron chi connectivity index (χ2n) is 4.66. The molecular formula is C14H12ClFN2O4S2. The van der Waals surface area contributed by atoms with Gasteiger partial charge in [-0.1, -0.05) is 29.8 Å². The summed E-state index contributed by atoms with van der Waals surface area (Å²) in [4.78, 5) is -0.665. The van der Waals surface area contributed by atoms with Crippen molar-refractivity contribution < 1.29 is 21.2 Å². The topological polar surface area (TPSA) is 106 Å². The van der Waals surface area contributed by atoms with Gasteiger partial charge in [-0.15, -0.1) is 0 Å². The summed E-state index contributed by atoms with van der Waals surface area (Å²) in [5.41, 5.74) is -0.246. The summed E-state index contributed by atoms with van der Waals surface area (Å²) in [5, 5.41) is 6.14. The maximum Gasteiger partial charge on any atom is 0.255 e. The zero-order valence-electron chi connectivity index (χ0n) is 12.0. The summed E-state index contributed by atoms with van der Waals surface area (Å²) in [7, 11) is -8.49. The monoisotopic (exact) mass is 390 g/mol. The lowest BCUT2D eigenvalue weighted by atomic mass is 10.2. The van der Waals surface area contributed by atoms with Crippen LogP contribution in [0.2, 0.25) is 5.02 Å². The highest BCUT2D eigenvalue weighted by molar-refractivity contribution is 7.95. The maximum absolute atomic E-state index is 13.8. The molecule has 128 valence electrons. The van der Waals surface area contributed by atoms with E-state index in [4.69, 9.17) is 16.7 Å². The number of sulfonamides is 2. The number of anilines is 1. The molecule has 0 amide bonds. The Balaban J connectivity index is 2.37. The summed E-state index contributed by atoms with van der Waals surface area (Å²) >= 11 is 5.79. The molecule has 0 atom stereocenters. The fourth-order valence-electron chi connectivity index (χ4n) is 1.80. The fourth-order valence-corrected chi connectivity index (χ4v) is 3.66. The van der Waals surface area contributed by atoms with Crippen molar-refractivity contribution in [1.82, 2.24) is 0 Å². The van der Waals surface area contributed by atoms with Gasteiger partial charge >= 0.3 is 0 Å². The van der Waals surface area contributed by atoms with Crippen LogP contribution in [0.25, 0.3) is 6.08 Å². The molecule has 0 saturated carbocycles. The Labute approximate surface area is 143 Å². The zero-order chi connectivity index (χ0) is 18.0. The van der Waals surface area contributed by atoms with E-state index < -0.39 is 36.4 Å². The van der Waals surface area contributed by atoms with Crippen LogP contribution in [0, 0.1) is 5.82 Å². The third-order valence-electron chi connectivity index (χ3n) is 2.81. The molecule has 2 rings (SSSR count). The van der Waals surface area contributed by atoms with Crippen LogP contribution in [0.15, 0.2) is 52.8 Å². The van der Waals surface area contributed by atoms with Crippen LogP contribution in [0.1, 0.15) is 5.56 Å². The lowest BCUT2D eigenvalue weighted by molar-refractivity contribution is 0.593. The minimum atomic E-state index is -4.31. The fraction of sp³-hybridized carbons (Fsp3) is 0. The second kappa shape index (κ2) is 6.89. The van der Waals surface area contributed by atoms with Crippen molar-refractivity contribution in [3.8, 4) is 0 Å². The number of primary sulfonamides is 1. The average Bonchev–Trinajstić information content (AvgIpc) is 2.46. The SMILES string of the molecule is NS(=O)(=O)c1cccc(F)c1NS(=O)(=O)/C=C/c1cccc(Cl)c1. The summed E-state index contributed by atoms with van der Waals surface area (Å²) < 4.78 is 62.7. The molecule has 0 radical (unpaired) electrons. The summed E-state index contributed by atoms with van der Waals surface area (Å²) in [6.07, 6.45) is 1.23. The molecule has 6 nitrogen and oxygen atoms in total. The third kappa shape index (κ3) is 4.78. The second-order valence-corrected chi connectivity index (χ2v) is 8.20. The quantitative estimate of drug-likeness (QED) is 0.818. The molecule has 0 aliphatic carbocycles. The number of benzene rings is 2. The van der Waals surface area contributed by atoms with Gasteiger partial charge in [-0.05, 0) is 35.9 Å². The minimum absolute atomic E-state index is 0.410. The molecule has 0 heterocycles. The summed E-state index contributed by atoms with van der Waals surface area (Å²) in [6, 6.07) is 9.38. The first-order valence-electron chi connectivity index (χ1n) is 6.36. The molecule has 0 aliphatic rings. The number of halogens is 2. The molecule has 0 aromatic heterocycles. The van der Waals surface area contributed by atoms with E-state index in [1.807, 2.05) is 4.72 Å². The van der Waals surface area contributed by atoms with Crippen molar-refractivity contribution in [3.05, 3.63) is 64.3 Å². The normalized spacial score (nSPS) is 12.5. The van der Waals surface area contributed by atoms with Crippen LogP contribution in [-0.2, 0) is 20.0 Å². The van der Waals surface area contributed by atoms with E-state index in [0.29, 0.717) is 10.6 Å². The van der Waals surface area contributed by atoms with E-state index in [2.05, 4.69) is 0 Å². The molecular weight excluding hydrogens is 379 g/mol. The van der Waals surface area contributed by atoms with Crippen LogP contribution in [0.4, 0.5) is 10.1 Å². The molecule has 24 heavy (non-hydrogen) atoms. The van der Waals surface area contributed by atoms with Gasteiger partial charge < -0.3 is 0 Å². The first kappa shape index (κ1) is 18.4. The Hall–Kier alpha value is -1.94. The van der Waals surface area contributed by atoms with Crippen LogP contribution < -0.4 is 9.86 Å². The predicted molar refractivity (Wildman–Crippen MR) is 90.8 cm³/mol. The van der Waals surface area contributed by atoms with Gasteiger partial charge in [0.25, 0.3) is 10.0 Å². The van der Waals surface area contributed by atoms with Crippen molar-refractivity contribution in [2.75, 3.05) is 4.72 Å². The molecule has 0 aliphatic heterocycles. The van der Waals surface area contributed by atoms with Gasteiger partial charge in [0.1, 0.15) is 16.4 Å². The van der Waals surface area contributed by atoms with Gasteiger partial charge in [0.15, 0.2) is 0 Å². The van der Waals surface area contributed by atoms with Crippen molar-refractivity contribution in [2.24, 2.45) is 5.14 Å². The summed E-state index contributed by atoms with van der Waals surface area (Å²) in [6.45, 7) is 0. The molecule has 0 spiro atoms. The van der Waals surface area contributed by atoms with Crippen molar-refractivity contribution >= 4 is 43.4 Å². The van der Waals surface area contributed by atoms with Gasteiger partial charge in [-0.25, -0.2) is 26.4 Å². The third-order valence-corrected chi connectivity index (χ3v) is 4.99. The van der Waals surface area contributed by atoms with Gasteiger partial charge in [0, 0.05) is 5.02 Å². The Kier molecular flexibility index (Phi) is 5.29. The summed E-state index contributed by atoms with van der Waals surface area (Å²) in [5.74, 6) is -1.07. The van der Waals surface area contributed by atoms with Gasteiger partial charge in [0.05, 0.1) is 5.41 Å². The minimum Gasteiger partial charge on any atom is -0.276 e. The lowest BCUT2D eigenvalue weighted by Crippen LogP contribution is -2.18. The van der Waals surface area contributed by atoms with E-state index in [-0.39, 0.29) is 0 Å². The van der Waals surface area contributed by atoms with E-state index in [1.165, 1.54) is 12.1 Å². The first-order chi connectivity index (χ1) is 11.1. The number of para-hydroxylation sites is 1. The van der Waals surface area contributed by atoms with Crippen LogP contribution >= 0.6 is 11.6 Å². The number of nitrogens with two attached hydrogens (primary N) is 1. The average molecular weight is 391 g/mol. The molecule has 0 bridgehead atoms. The number of nitrogens with one attached hydrogen (secondary N) is 1. The first-order valence-corrected chi connectivity index (χ1v) is 9.83. The van der Waals surface area contributed by atoms with E-state index >= 15 is 0 Å². The van der Waals surface area contributed by atoms with Crippen molar-refractivity contribution in [3.63, 3.8) is 0 Å². The standard InChI is InChI=1S/C14H12ClFN2O4S2/c15-11-4-1-3-10(9-11)7-8-23(19,20)18-14-12(16)5-2-6-13(14)24(17,21)22/h1-9,18H,(H2,17,21,22)/b8-7+. The van der Waals surface area contributed by atoms with Crippen LogP contribution in [0.3, 0.4) is 0 Å². The smallest absolute Gasteiger partial charge is 0.255 e. The highest BCUT2D eigenvalue weighted by atomic mass is 35.5. The molecule has 0 unspecified atom stereocenters.